The smallest absolute Gasteiger partial charge is 0.352 e. The fourth-order valence-electron chi connectivity index (χ4n) is 3.73. The number of nitrogens with zero attached hydrogens (tertiary/aromatic N) is 2. The lowest BCUT2D eigenvalue weighted by Crippen LogP contribution is -2.36. The van der Waals surface area contributed by atoms with Crippen LogP contribution in [0.1, 0.15) is 29.8 Å². The number of aliphatic hydroxyl groups is 1. The first-order chi connectivity index (χ1) is 13.2. The van der Waals surface area contributed by atoms with Crippen LogP contribution in [0.4, 0.5) is 14.5 Å². The zero-order valence-corrected chi connectivity index (χ0v) is 15.3. The van der Waals surface area contributed by atoms with E-state index < -0.39 is 23.5 Å². The van der Waals surface area contributed by atoms with Gasteiger partial charge in [-0.2, -0.15) is 8.78 Å². The molecule has 0 bridgehead atoms. The first-order valence-corrected chi connectivity index (χ1v) is 8.82. The summed E-state index contributed by atoms with van der Waals surface area (Å²) in [6.07, 6.45) is -1.14. The number of anilines is 1. The van der Waals surface area contributed by atoms with E-state index >= 15 is 0 Å². The molecule has 0 saturated carbocycles. The number of aliphatic hydroxyl groups excluding tert-OH is 1. The number of halogens is 2. The summed E-state index contributed by atoms with van der Waals surface area (Å²) in [5, 5.41) is 11.1. The van der Waals surface area contributed by atoms with Crippen molar-refractivity contribution in [2.45, 2.75) is 25.5 Å². The fraction of sp³-hybridized carbons (Fsp3) is 0.238. The third-order valence-corrected chi connectivity index (χ3v) is 5.21. The van der Waals surface area contributed by atoms with Crippen molar-refractivity contribution < 1.29 is 18.7 Å². The quantitative estimate of drug-likeness (QED) is 0.754. The van der Waals surface area contributed by atoms with E-state index in [2.05, 4.69) is 0 Å². The van der Waals surface area contributed by atoms with Gasteiger partial charge in [0.05, 0.1) is 23.9 Å². The Kier molecular flexibility index (Phi) is 4.08. The summed E-state index contributed by atoms with van der Waals surface area (Å²) in [6.45, 7) is 1.20. The molecule has 1 aliphatic rings. The minimum absolute atomic E-state index is 0.0192. The van der Waals surface area contributed by atoms with Crippen LogP contribution in [0.2, 0.25) is 0 Å². The van der Waals surface area contributed by atoms with E-state index in [-0.39, 0.29) is 23.4 Å². The first-order valence-electron chi connectivity index (χ1n) is 8.82. The molecule has 0 fully saturated rings. The average Bonchev–Trinajstić information content (AvgIpc) is 2.86. The number of rotatable bonds is 3. The summed E-state index contributed by atoms with van der Waals surface area (Å²) in [5.41, 5.74) is -0.229. The molecule has 2 aromatic carbocycles. The number of fused-ring (bicyclic) bond motifs is 2. The number of benzene rings is 2. The van der Waals surface area contributed by atoms with Crippen molar-refractivity contribution >= 4 is 22.4 Å². The van der Waals surface area contributed by atoms with Gasteiger partial charge in [0.2, 0.25) is 0 Å². The Labute approximate surface area is 159 Å². The van der Waals surface area contributed by atoms with Gasteiger partial charge in [0.15, 0.2) is 0 Å². The number of pyridine rings is 1. The monoisotopic (exact) mass is 384 g/mol. The number of hydrogen-bond acceptors (Lipinski definition) is 3. The predicted molar refractivity (Wildman–Crippen MR) is 101 cm³/mol. The molecule has 1 atom stereocenters. The summed E-state index contributed by atoms with van der Waals surface area (Å²) in [6, 6.07) is 13.1. The van der Waals surface area contributed by atoms with E-state index in [0.717, 1.165) is 4.90 Å². The Morgan fingerprint density at radius 3 is 2.54 bits per heavy atom. The second-order valence-corrected chi connectivity index (χ2v) is 6.97. The van der Waals surface area contributed by atoms with E-state index in [1.165, 1.54) is 29.7 Å². The van der Waals surface area contributed by atoms with Crippen LogP contribution in [-0.2, 0) is 24.3 Å². The van der Waals surface area contributed by atoms with Crippen LogP contribution in [0.15, 0.2) is 53.3 Å². The molecule has 7 heteroatoms. The van der Waals surface area contributed by atoms with E-state index in [9.17, 15) is 23.5 Å². The molecule has 2 heterocycles. The van der Waals surface area contributed by atoms with Crippen LogP contribution in [0, 0.1) is 0 Å². The number of hydrogen-bond donors (Lipinski definition) is 1. The van der Waals surface area contributed by atoms with E-state index in [4.69, 9.17) is 0 Å². The van der Waals surface area contributed by atoms with Crippen molar-refractivity contribution in [1.82, 2.24) is 4.57 Å². The maximum absolute atomic E-state index is 14.8. The molecule has 144 valence electrons. The molecular weight excluding hydrogens is 366 g/mol. The molecule has 1 amide bonds. The molecule has 0 radical (unpaired) electrons. The standard InChI is InChI=1S/C21H18F2N2O3/c1-12(26)15-8-5-9-17-18(15)21(22,23)20(28)25(17)11-14-10-13-6-3-4-7-16(13)19(27)24(14)2/h3-10,12,26H,11H2,1-2H3/t12-/m0/s1. The molecule has 5 nitrogen and oxygen atoms in total. The lowest BCUT2D eigenvalue weighted by molar-refractivity contribution is -0.141. The highest BCUT2D eigenvalue weighted by Gasteiger charge is 2.54. The Balaban J connectivity index is 1.86. The summed E-state index contributed by atoms with van der Waals surface area (Å²) < 4.78 is 30.9. The SMILES string of the molecule is C[C@H](O)c1cccc2c1C(F)(F)C(=O)N2Cc1cc2ccccc2c(=O)n1C. The third kappa shape index (κ3) is 2.54. The second-order valence-electron chi connectivity index (χ2n) is 6.97. The van der Waals surface area contributed by atoms with Crippen LogP contribution in [0.25, 0.3) is 10.8 Å². The van der Waals surface area contributed by atoms with Gasteiger partial charge in [-0.05, 0) is 36.1 Å². The summed E-state index contributed by atoms with van der Waals surface area (Å²) >= 11 is 0. The summed E-state index contributed by atoms with van der Waals surface area (Å²) in [7, 11) is 1.55. The van der Waals surface area contributed by atoms with E-state index in [0.29, 0.717) is 16.5 Å². The van der Waals surface area contributed by atoms with Gasteiger partial charge < -0.3 is 14.6 Å². The molecule has 1 N–H and O–H groups in total. The van der Waals surface area contributed by atoms with Gasteiger partial charge in [-0.3, -0.25) is 9.59 Å². The number of carbonyl (C=O) groups excluding carboxylic acids is 1. The molecule has 0 aliphatic carbocycles. The summed E-state index contributed by atoms with van der Waals surface area (Å²) in [4.78, 5) is 26.1. The molecule has 0 spiro atoms. The first kappa shape index (κ1) is 18.3. The van der Waals surface area contributed by atoms with E-state index in [1.807, 2.05) is 0 Å². The molecule has 3 aromatic rings. The number of aromatic nitrogens is 1. The predicted octanol–water partition coefficient (Wildman–Crippen LogP) is 3.23. The second kappa shape index (κ2) is 6.24. The van der Waals surface area contributed by atoms with Gasteiger partial charge in [0.25, 0.3) is 5.56 Å². The maximum atomic E-state index is 14.8. The zero-order chi connectivity index (χ0) is 20.2. The van der Waals surface area contributed by atoms with Gasteiger partial charge >= 0.3 is 11.8 Å². The van der Waals surface area contributed by atoms with Gasteiger partial charge in [0, 0.05) is 18.1 Å². The zero-order valence-electron chi connectivity index (χ0n) is 15.3. The molecular formula is C21H18F2N2O3. The third-order valence-electron chi connectivity index (χ3n) is 5.21. The minimum atomic E-state index is -3.74. The number of carbonyl (C=O) groups is 1. The highest BCUT2D eigenvalue weighted by molar-refractivity contribution is 6.06. The van der Waals surface area contributed by atoms with Crippen molar-refractivity contribution in [3.8, 4) is 0 Å². The fourth-order valence-corrected chi connectivity index (χ4v) is 3.73. The highest BCUT2D eigenvalue weighted by Crippen LogP contribution is 2.47. The van der Waals surface area contributed by atoms with Gasteiger partial charge in [-0.15, -0.1) is 0 Å². The van der Waals surface area contributed by atoms with Crippen molar-refractivity contribution in [2.75, 3.05) is 4.90 Å². The van der Waals surface area contributed by atoms with Crippen molar-refractivity contribution in [1.29, 1.82) is 0 Å². The Bertz CT molecular complexity index is 1170. The van der Waals surface area contributed by atoms with Crippen LogP contribution in [-0.4, -0.2) is 15.6 Å². The van der Waals surface area contributed by atoms with Gasteiger partial charge in [0.1, 0.15) is 0 Å². The molecule has 0 unspecified atom stereocenters. The molecule has 4 rings (SSSR count). The Hall–Kier alpha value is -3.06. The summed E-state index contributed by atoms with van der Waals surface area (Å²) in [5.74, 6) is -5.10. The Morgan fingerprint density at radius 1 is 1.11 bits per heavy atom. The van der Waals surface area contributed by atoms with Crippen molar-refractivity contribution in [3.63, 3.8) is 0 Å². The Morgan fingerprint density at radius 2 is 1.82 bits per heavy atom. The lowest BCUT2D eigenvalue weighted by Gasteiger charge is -2.20. The molecule has 1 aliphatic heterocycles. The number of alkyl halides is 2. The normalized spacial score (nSPS) is 16.5. The molecule has 28 heavy (non-hydrogen) atoms. The largest absolute Gasteiger partial charge is 0.389 e. The van der Waals surface area contributed by atoms with Crippen molar-refractivity contribution in [3.05, 3.63) is 75.7 Å². The van der Waals surface area contributed by atoms with Crippen LogP contribution < -0.4 is 10.5 Å². The van der Waals surface area contributed by atoms with Crippen LogP contribution >= 0.6 is 0 Å². The number of amides is 1. The van der Waals surface area contributed by atoms with Crippen LogP contribution in [0.5, 0.6) is 0 Å². The van der Waals surface area contributed by atoms with E-state index in [1.54, 1.807) is 37.4 Å². The minimum Gasteiger partial charge on any atom is -0.389 e. The van der Waals surface area contributed by atoms with Gasteiger partial charge in [-0.1, -0.05) is 30.3 Å². The molecule has 0 saturated heterocycles. The topological polar surface area (TPSA) is 62.5 Å². The lowest BCUT2D eigenvalue weighted by atomic mass is 9.98. The van der Waals surface area contributed by atoms with Crippen molar-refractivity contribution in [2.24, 2.45) is 7.05 Å². The highest BCUT2D eigenvalue weighted by atomic mass is 19.3. The van der Waals surface area contributed by atoms with Gasteiger partial charge in [-0.25, -0.2) is 0 Å². The maximum Gasteiger partial charge on any atom is 0.352 e. The average molecular weight is 384 g/mol. The van der Waals surface area contributed by atoms with Crippen LogP contribution in [0.3, 0.4) is 0 Å². The molecule has 1 aromatic heterocycles.